The number of halogens is 2. The summed E-state index contributed by atoms with van der Waals surface area (Å²) in [6, 6.07) is 3.45. The smallest absolute Gasteiger partial charge is 0.247 e. The van der Waals surface area contributed by atoms with Crippen LogP contribution in [0.5, 0.6) is 5.75 Å². The minimum Gasteiger partial charge on any atom is -0.492 e. The maximum atomic E-state index is 12.9. The monoisotopic (exact) mass is 396 g/mol. The summed E-state index contributed by atoms with van der Waals surface area (Å²) in [7, 11) is -3.55. The molecule has 1 saturated heterocycles. The number of rotatable bonds is 3. The van der Waals surface area contributed by atoms with E-state index in [1.54, 1.807) is 6.07 Å². The first kappa shape index (κ1) is 17.0. The summed E-state index contributed by atoms with van der Waals surface area (Å²) in [5.41, 5.74) is 6.64. The van der Waals surface area contributed by atoms with Crippen molar-refractivity contribution in [1.82, 2.24) is 4.31 Å². The van der Waals surface area contributed by atoms with Gasteiger partial charge in [-0.1, -0.05) is 15.9 Å². The van der Waals surface area contributed by atoms with Crippen LogP contribution in [0.1, 0.15) is 18.4 Å². The van der Waals surface area contributed by atoms with E-state index in [-0.39, 0.29) is 23.3 Å². The summed E-state index contributed by atoms with van der Waals surface area (Å²) in [5.74, 6) is 0.510. The van der Waals surface area contributed by atoms with Crippen molar-refractivity contribution in [3.63, 3.8) is 0 Å². The van der Waals surface area contributed by atoms with E-state index in [4.69, 9.17) is 10.5 Å². The highest BCUT2D eigenvalue weighted by atomic mass is 79.9. The lowest BCUT2D eigenvalue weighted by atomic mass is 10.2. The molecule has 21 heavy (non-hydrogen) atoms. The summed E-state index contributed by atoms with van der Waals surface area (Å²) < 4.78 is 33.6. The van der Waals surface area contributed by atoms with Gasteiger partial charge in [0.15, 0.2) is 0 Å². The van der Waals surface area contributed by atoms with Crippen molar-refractivity contribution in [3.05, 3.63) is 22.2 Å². The number of nitrogens with zero attached hydrogens (tertiary/aromatic N) is 1. The predicted molar refractivity (Wildman–Crippen MR) is 86.6 cm³/mol. The maximum absolute atomic E-state index is 12.9. The van der Waals surface area contributed by atoms with Crippen molar-refractivity contribution < 1.29 is 13.2 Å². The highest BCUT2D eigenvalue weighted by Gasteiger charge is 2.37. The Labute approximate surface area is 139 Å². The van der Waals surface area contributed by atoms with Gasteiger partial charge in [-0.3, -0.25) is 0 Å². The summed E-state index contributed by atoms with van der Waals surface area (Å²) in [5, 5.41) is 0. The third kappa shape index (κ3) is 2.94. The molecule has 1 atom stereocenters. The summed E-state index contributed by atoms with van der Waals surface area (Å²) in [6.45, 7) is 1.43. The van der Waals surface area contributed by atoms with Crippen LogP contribution in [-0.2, 0) is 16.4 Å². The van der Waals surface area contributed by atoms with Gasteiger partial charge in [-0.05, 0) is 25.0 Å². The molecule has 0 aliphatic carbocycles. The van der Waals surface area contributed by atoms with Crippen LogP contribution in [0.15, 0.2) is 21.5 Å². The Morgan fingerprint density at radius 2 is 2.19 bits per heavy atom. The van der Waals surface area contributed by atoms with Gasteiger partial charge in [0.2, 0.25) is 10.0 Å². The van der Waals surface area contributed by atoms with Gasteiger partial charge in [0.25, 0.3) is 0 Å². The molecule has 1 fully saturated rings. The fourth-order valence-electron chi connectivity index (χ4n) is 2.91. The molecule has 2 aliphatic rings. The molecule has 2 heterocycles. The zero-order valence-corrected chi connectivity index (χ0v) is 14.6. The lowest BCUT2D eigenvalue weighted by molar-refractivity contribution is 0.344. The molecule has 0 spiro atoms. The van der Waals surface area contributed by atoms with Gasteiger partial charge in [-0.15, -0.1) is 12.4 Å². The van der Waals surface area contributed by atoms with Crippen LogP contribution in [0.25, 0.3) is 0 Å². The second kappa shape index (κ2) is 6.42. The fraction of sp³-hybridized carbons (Fsp3) is 0.538. The molecule has 0 amide bonds. The van der Waals surface area contributed by atoms with E-state index in [1.807, 2.05) is 6.07 Å². The molecule has 2 N–H and O–H groups in total. The number of ether oxygens (including phenoxy) is 1. The highest BCUT2D eigenvalue weighted by molar-refractivity contribution is 9.10. The van der Waals surface area contributed by atoms with Crippen LogP contribution in [0, 0.1) is 0 Å². The normalized spacial score (nSPS) is 21.7. The van der Waals surface area contributed by atoms with Crippen LogP contribution in [0.3, 0.4) is 0 Å². The van der Waals surface area contributed by atoms with Gasteiger partial charge in [0.05, 0.1) is 6.61 Å². The molecule has 0 aromatic heterocycles. The van der Waals surface area contributed by atoms with Crippen LogP contribution in [0.4, 0.5) is 0 Å². The Hall–Kier alpha value is -0.340. The van der Waals surface area contributed by atoms with Gasteiger partial charge in [-0.2, -0.15) is 4.31 Å². The van der Waals surface area contributed by atoms with Crippen LogP contribution >= 0.6 is 28.3 Å². The predicted octanol–water partition coefficient (Wildman–Crippen LogP) is 1.92. The number of hydrogen-bond donors (Lipinski definition) is 1. The molecule has 1 aromatic rings. The SMILES string of the molecule is Cl.NCC1CCCN1S(=O)(=O)c1cc(Br)cc2c1OCC2. The zero-order chi connectivity index (χ0) is 14.3. The van der Waals surface area contributed by atoms with Crippen LogP contribution in [0.2, 0.25) is 0 Å². The van der Waals surface area contributed by atoms with Crippen LogP contribution < -0.4 is 10.5 Å². The van der Waals surface area contributed by atoms with Crippen molar-refractivity contribution in [2.75, 3.05) is 19.7 Å². The van der Waals surface area contributed by atoms with Gasteiger partial charge >= 0.3 is 0 Å². The van der Waals surface area contributed by atoms with Crippen LogP contribution in [-0.4, -0.2) is 38.5 Å². The second-order valence-electron chi connectivity index (χ2n) is 5.14. The first-order chi connectivity index (χ1) is 9.54. The first-order valence-corrected chi connectivity index (χ1v) is 8.94. The Morgan fingerprint density at radius 3 is 2.90 bits per heavy atom. The molecule has 8 heteroatoms. The lowest BCUT2D eigenvalue weighted by Crippen LogP contribution is -2.39. The average Bonchev–Trinajstić information content (AvgIpc) is 3.05. The summed E-state index contributed by atoms with van der Waals surface area (Å²) >= 11 is 3.39. The van der Waals surface area contributed by atoms with E-state index in [9.17, 15) is 8.42 Å². The Kier molecular flexibility index (Phi) is 5.20. The second-order valence-corrected chi connectivity index (χ2v) is 7.91. The van der Waals surface area contributed by atoms with E-state index in [0.29, 0.717) is 25.4 Å². The van der Waals surface area contributed by atoms with Crippen molar-refractivity contribution in [1.29, 1.82) is 0 Å². The molecule has 1 unspecified atom stereocenters. The lowest BCUT2D eigenvalue weighted by Gasteiger charge is -2.23. The third-order valence-corrected chi connectivity index (χ3v) is 6.31. The summed E-state index contributed by atoms with van der Waals surface area (Å²) in [4.78, 5) is 0.264. The average molecular weight is 398 g/mol. The summed E-state index contributed by atoms with van der Waals surface area (Å²) in [6.07, 6.45) is 2.43. The zero-order valence-electron chi connectivity index (χ0n) is 11.4. The van der Waals surface area contributed by atoms with Gasteiger partial charge < -0.3 is 10.5 Å². The highest BCUT2D eigenvalue weighted by Crippen LogP contribution is 2.38. The molecule has 0 radical (unpaired) electrons. The van der Waals surface area contributed by atoms with Gasteiger partial charge in [0.1, 0.15) is 10.6 Å². The third-order valence-electron chi connectivity index (χ3n) is 3.90. The largest absolute Gasteiger partial charge is 0.492 e. The maximum Gasteiger partial charge on any atom is 0.247 e. The number of nitrogens with two attached hydrogens (primary N) is 1. The van der Waals surface area contributed by atoms with Crippen molar-refractivity contribution in [3.8, 4) is 5.75 Å². The van der Waals surface area contributed by atoms with E-state index in [1.165, 1.54) is 4.31 Å². The van der Waals surface area contributed by atoms with Gasteiger partial charge in [0, 0.05) is 35.6 Å². The minimum absolute atomic E-state index is 0. The molecule has 2 aliphatic heterocycles. The topological polar surface area (TPSA) is 72.6 Å². The number of fused-ring (bicyclic) bond motifs is 1. The molecule has 5 nitrogen and oxygen atoms in total. The Balaban J connectivity index is 0.00000161. The molecule has 0 bridgehead atoms. The molecule has 1 aromatic carbocycles. The fourth-order valence-corrected chi connectivity index (χ4v) is 5.48. The molecular formula is C13H18BrClN2O3S. The first-order valence-electron chi connectivity index (χ1n) is 6.71. The van der Waals surface area contributed by atoms with E-state index in [2.05, 4.69) is 15.9 Å². The Morgan fingerprint density at radius 1 is 1.43 bits per heavy atom. The van der Waals surface area contributed by atoms with Crippen molar-refractivity contribution in [2.24, 2.45) is 5.73 Å². The van der Waals surface area contributed by atoms with Crippen molar-refractivity contribution in [2.45, 2.75) is 30.2 Å². The van der Waals surface area contributed by atoms with E-state index in [0.717, 1.165) is 29.3 Å². The van der Waals surface area contributed by atoms with E-state index >= 15 is 0 Å². The quantitative estimate of drug-likeness (QED) is 0.846. The molecular weight excluding hydrogens is 380 g/mol. The molecule has 3 rings (SSSR count). The number of sulfonamides is 1. The van der Waals surface area contributed by atoms with E-state index < -0.39 is 10.0 Å². The Bertz CT molecular complexity index is 639. The minimum atomic E-state index is -3.55. The van der Waals surface area contributed by atoms with Crippen molar-refractivity contribution >= 4 is 38.4 Å². The number of hydrogen-bond acceptors (Lipinski definition) is 4. The standard InChI is InChI=1S/C13H17BrN2O3S.ClH/c14-10-6-9-3-5-19-13(9)12(7-10)20(17,18)16-4-1-2-11(16)8-15;/h6-7,11H,1-5,8,15H2;1H. The van der Waals surface area contributed by atoms with Gasteiger partial charge in [-0.25, -0.2) is 8.42 Å². The molecule has 118 valence electrons. The molecule has 0 saturated carbocycles. The number of benzene rings is 1.